The first kappa shape index (κ1) is 24.8. The highest BCUT2D eigenvalue weighted by molar-refractivity contribution is 6.32. The summed E-state index contributed by atoms with van der Waals surface area (Å²) in [6, 6.07) is 6.02. The number of nitrogens with zero attached hydrogens (tertiary/aromatic N) is 4. The van der Waals surface area contributed by atoms with E-state index in [-0.39, 0.29) is 30.3 Å². The molecule has 1 saturated carbocycles. The highest BCUT2D eigenvalue weighted by atomic mass is 35.5. The summed E-state index contributed by atoms with van der Waals surface area (Å²) in [4.78, 5) is 19.7. The molecule has 37 heavy (non-hydrogen) atoms. The lowest BCUT2D eigenvalue weighted by molar-refractivity contribution is -0.117. The molecule has 3 aliphatic rings. The molecule has 2 saturated heterocycles. The average molecular weight is 526 g/mol. The van der Waals surface area contributed by atoms with Crippen LogP contribution < -0.4 is 5.32 Å². The van der Waals surface area contributed by atoms with Gasteiger partial charge in [-0.1, -0.05) is 18.5 Å². The van der Waals surface area contributed by atoms with Crippen molar-refractivity contribution in [2.75, 3.05) is 31.6 Å². The number of amides is 1. The van der Waals surface area contributed by atoms with Crippen molar-refractivity contribution in [3.05, 3.63) is 52.9 Å². The van der Waals surface area contributed by atoms with Crippen molar-refractivity contribution < 1.29 is 13.9 Å². The van der Waals surface area contributed by atoms with Gasteiger partial charge in [0.15, 0.2) is 0 Å². The van der Waals surface area contributed by atoms with Gasteiger partial charge in [0.05, 0.1) is 24.9 Å². The number of hydrogen-bond donors (Lipinski definition) is 1. The second-order valence-electron chi connectivity index (χ2n) is 11.2. The van der Waals surface area contributed by atoms with Crippen molar-refractivity contribution in [3.63, 3.8) is 0 Å². The van der Waals surface area contributed by atoms with Gasteiger partial charge in [0, 0.05) is 41.7 Å². The first-order valence-electron chi connectivity index (χ1n) is 13.1. The van der Waals surface area contributed by atoms with E-state index in [4.69, 9.17) is 16.3 Å². The molecule has 6 rings (SSSR count). The van der Waals surface area contributed by atoms with Crippen LogP contribution in [-0.4, -0.2) is 63.6 Å². The summed E-state index contributed by atoms with van der Waals surface area (Å²) in [5.41, 5.74) is 1.67. The molecule has 3 unspecified atom stereocenters. The zero-order chi connectivity index (χ0) is 25.9. The fourth-order valence-electron chi connectivity index (χ4n) is 6.39. The van der Waals surface area contributed by atoms with Crippen molar-refractivity contribution >= 4 is 34.1 Å². The number of aryl methyl sites for hydroxylation is 1. The number of benzene rings is 1. The summed E-state index contributed by atoms with van der Waals surface area (Å²) in [5.74, 6) is 1.22. The summed E-state index contributed by atoms with van der Waals surface area (Å²) in [6.45, 7) is 6.33. The van der Waals surface area contributed by atoms with E-state index in [9.17, 15) is 9.18 Å². The molecule has 1 N–H and O–H groups in total. The third-order valence-electron chi connectivity index (χ3n) is 8.87. The number of aromatic nitrogens is 3. The van der Waals surface area contributed by atoms with E-state index in [0.717, 1.165) is 52.9 Å². The number of likely N-dealkylation sites (tertiary alicyclic amines) is 1. The van der Waals surface area contributed by atoms with Crippen LogP contribution in [0.1, 0.15) is 49.7 Å². The average Bonchev–Trinajstić information content (AvgIpc) is 3.15. The third-order valence-corrected chi connectivity index (χ3v) is 9.20. The molecule has 0 spiro atoms. The zero-order valence-electron chi connectivity index (χ0n) is 21.5. The number of rotatable bonds is 5. The third kappa shape index (κ3) is 4.43. The highest BCUT2D eigenvalue weighted by Crippen LogP contribution is 2.54. The van der Waals surface area contributed by atoms with Crippen molar-refractivity contribution in [2.45, 2.75) is 50.2 Å². The minimum atomic E-state index is -0.951. The molecule has 196 valence electrons. The number of halogens is 2. The number of nitrogens with one attached hydrogen (secondary N) is 1. The molecule has 1 aliphatic carbocycles. The predicted molar refractivity (Wildman–Crippen MR) is 142 cm³/mol. The molecular weight excluding hydrogens is 493 g/mol. The molecule has 4 heterocycles. The van der Waals surface area contributed by atoms with Crippen molar-refractivity contribution in [1.29, 1.82) is 0 Å². The molecule has 9 heteroatoms. The van der Waals surface area contributed by atoms with Gasteiger partial charge < -0.3 is 10.1 Å². The number of pyridine rings is 1. The van der Waals surface area contributed by atoms with Crippen LogP contribution in [0.25, 0.3) is 10.8 Å². The van der Waals surface area contributed by atoms with E-state index in [1.165, 1.54) is 0 Å². The first-order chi connectivity index (χ1) is 17.7. The van der Waals surface area contributed by atoms with Crippen molar-refractivity contribution in [2.24, 2.45) is 18.9 Å². The van der Waals surface area contributed by atoms with Crippen LogP contribution in [0.5, 0.6) is 0 Å². The number of carbonyl (C=O) groups excluding carboxylic acids is 1. The van der Waals surface area contributed by atoms with E-state index in [2.05, 4.69) is 33.3 Å². The zero-order valence-corrected chi connectivity index (χ0v) is 22.2. The molecule has 3 aromatic rings. The van der Waals surface area contributed by atoms with Gasteiger partial charge in [0.25, 0.3) is 0 Å². The molecule has 0 radical (unpaired) electrons. The monoisotopic (exact) mass is 525 g/mol. The number of hydrogen-bond acceptors (Lipinski definition) is 5. The smallest absolute Gasteiger partial charge is 0.229 e. The molecule has 1 aromatic carbocycles. The molecule has 2 aliphatic heterocycles. The number of fused-ring (bicyclic) bond motifs is 1. The van der Waals surface area contributed by atoms with Gasteiger partial charge in [-0.05, 0) is 79.4 Å². The Kier molecular flexibility index (Phi) is 6.24. The molecule has 1 amide bonds. The second kappa shape index (κ2) is 9.33. The Morgan fingerprint density at radius 3 is 2.68 bits per heavy atom. The number of ether oxygens (including phenoxy) is 1. The molecule has 0 bridgehead atoms. The molecule has 7 nitrogen and oxygen atoms in total. The first-order valence-corrected chi connectivity index (χ1v) is 13.5. The number of anilines is 1. The molecular formula is C28H33ClFN5O2. The number of carbonyl (C=O) groups is 1. The molecule has 2 aromatic heterocycles. The molecule has 5 atom stereocenters. The maximum atomic E-state index is 14.5. The van der Waals surface area contributed by atoms with Crippen molar-refractivity contribution in [1.82, 2.24) is 19.7 Å². The maximum Gasteiger partial charge on any atom is 0.229 e. The van der Waals surface area contributed by atoms with Gasteiger partial charge in [-0.2, -0.15) is 5.10 Å². The van der Waals surface area contributed by atoms with Gasteiger partial charge in [0.2, 0.25) is 5.91 Å². The van der Waals surface area contributed by atoms with E-state index in [1.54, 1.807) is 10.9 Å². The SMILES string of the molecule is CC1C(C(=O)Nc2cc3cc(C4CCN([C@@]5(C)COC[C@H]5F)CC4)c(Cl)cc3cn2)C1c1cnn(C)c1. The van der Waals surface area contributed by atoms with Gasteiger partial charge in [-0.25, -0.2) is 9.37 Å². The minimum absolute atomic E-state index is 0.00897. The fourth-order valence-corrected chi connectivity index (χ4v) is 6.72. The summed E-state index contributed by atoms with van der Waals surface area (Å²) in [6.07, 6.45) is 6.47. The van der Waals surface area contributed by atoms with Crippen LogP contribution in [-0.2, 0) is 16.6 Å². The Morgan fingerprint density at radius 2 is 2.00 bits per heavy atom. The standard InChI is InChI=1S/C28H33ClFN5O2/c1-16-25(20-12-32-34(3)13-20)26(16)27(36)33-24-10-18-8-21(22(29)9-19(18)11-31-24)17-4-6-35(7-5-17)28(2)15-37-14-23(28)30/h8-13,16-17,23,25-26H,4-7,14-15H2,1-3H3,(H,31,33,36)/t16?,23-,25?,26?,28+/m1/s1. The van der Waals surface area contributed by atoms with Crippen molar-refractivity contribution in [3.8, 4) is 0 Å². The van der Waals surface area contributed by atoms with Gasteiger partial charge in [-0.3, -0.25) is 14.4 Å². The van der Waals surface area contributed by atoms with Gasteiger partial charge in [0.1, 0.15) is 12.0 Å². The quantitative estimate of drug-likeness (QED) is 0.512. The van der Waals surface area contributed by atoms with Crippen LogP contribution in [0.15, 0.2) is 36.8 Å². The fraction of sp³-hybridized carbons (Fsp3) is 0.536. The number of piperidine rings is 1. The van der Waals surface area contributed by atoms with Crippen LogP contribution in [0, 0.1) is 11.8 Å². The largest absolute Gasteiger partial charge is 0.376 e. The normalized spacial score (nSPS) is 30.6. The Bertz CT molecular complexity index is 1340. The van der Waals surface area contributed by atoms with Crippen LogP contribution in [0.4, 0.5) is 10.2 Å². The second-order valence-corrected chi connectivity index (χ2v) is 11.6. The Hall–Kier alpha value is -2.55. The lowest BCUT2D eigenvalue weighted by atomic mass is 9.85. The van der Waals surface area contributed by atoms with Crippen LogP contribution in [0.3, 0.4) is 0 Å². The Morgan fingerprint density at radius 1 is 1.22 bits per heavy atom. The lowest BCUT2D eigenvalue weighted by Crippen LogP contribution is -2.55. The Labute approximate surface area is 221 Å². The summed E-state index contributed by atoms with van der Waals surface area (Å²) in [5, 5.41) is 9.94. The van der Waals surface area contributed by atoms with E-state index in [0.29, 0.717) is 18.3 Å². The highest BCUT2D eigenvalue weighted by Gasteiger charge is 2.53. The minimum Gasteiger partial charge on any atom is -0.376 e. The topological polar surface area (TPSA) is 72.3 Å². The van der Waals surface area contributed by atoms with E-state index < -0.39 is 11.7 Å². The summed E-state index contributed by atoms with van der Waals surface area (Å²) in [7, 11) is 1.89. The molecule has 3 fully saturated rings. The summed E-state index contributed by atoms with van der Waals surface area (Å²) < 4.78 is 21.7. The lowest BCUT2D eigenvalue weighted by Gasteiger charge is -2.43. The van der Waals surface area contributed by atoms with Crippen LogP contribution in [0.2, 0.25) is 5.02 Å². The van der Waals surface area contributed by atoms with Gasteiger partial charge in [-0.15, -0.1) is 0 Å². The predicted octanol–water partition coefficient (Wildman–Crippen LogP) is 4.92. The van der Waals surface area contributed by atoms with E-state index >= 15 is 0 Å². The summed E-state index contributed by atoms with van der Waals surface area (Å²) >= 11 is 6.72. The number of alkyl halides is 1. The van der Waals surface area contributed by atoms with Crippen LogP contribution >= 0.6 is 11.6 Å². The Balaban J connectivity index is 1.16. The van der Waals surface area contributed by atoms with Gasteiger partial charge >= 0.3 is 0 Å². The van der Waals surface area contributed by atoms with E-state index in [1.807, 2.05) is 38.5 Å². The maximum absolute atomic E-state index is 14.5.